The lowest BCUT2D eigenvalue weighted by Gasteiger charge is -2.14. The molecule has 1 amide bonds. The van der Waals surface area contributed by atoms with Crippen LogP contribution in [0.1, 0.15) is 23.2 Å². The first-order valence-corrected chi connectivity index (χ1v) is 5.66. The molecule has 0 spiro atoms. The van der Waals surface area contributed by atoms with Crippen molar-refractivity contribution in [1.29, 1.82) is 0 Å². The first kappa shape index (κ1) is 9.09. The maximum Gasteiger partial charge on any atom is 0.299 e. The Bertz CT molecular complexity index is 479. The zero-order valence-corrected chi connectivity index (χ0v) is 9.45. The number of carbonyl (C=O) groups is 2. The molecule has 1 aromatic rings. The van der Waals surface area contributed by atoms with Crippen LogP contribution in [0.4, 0.5) is 5.69 Å². The predicted octanol–water partition coefficient (Wildman–Crippen LogP) is 2.14. The first-order chi connectivity index (χ1) is 7.20. The van der Waals surface area contributed by atoms with Gasteiger partial charge in [-0.25, -0.2) is 0 Å². The van der Waals surface area contributed by atoms with Gasteiger partial charge < -0.3 is 4.90 Å². The smallest absolute Gasteiger partial charge is 0.299 e. The predicted molar refractivity (Wildman–Crippen MR) is 59.0 cm³/mol. The van der Waals surface area contributed by atoms with Crippen molar-refractivity contribution >= 4 is 33.3 Å². The number of nitrogens with zero attached hydrogens (tertiary/aromatic N) is 1. The topological polar surface area (TPSA) is 37.4 Å². The lowest BCUT2D eigenvalue weighted by molar-refractivity contribution is -0.114. The number of hydrogen-bond donors (Lipinski definition) is 0. The van der Waals surface area contributed by atoms with E-state index in [1.807, 2.05) is 12.1 Å². The van der Waals surface area contributed by atoms with Crippen LogP contribution in [0.3, 0.4) is 0 Å². The van der Waals surface area contributed by atoms with Gasteiger partial charge in [-0.3, -0.25) is 9.59 Å². The normalized spacial score (nSPS) is 19.7. The third-order valence-corrected chi connectivity index (χ3v) is 3.46. The minimum atomic E-state index is -0.385. The van der Waals surface area contributed by atoms with E-state index in [1.54, 1.807) is 11.0 Å². The summed E-state index contributed by atoms with van der Waals surface area (Å²) < 4.78 is 0.710. The van der Waals surface area contributed by atoms with Gasteiger partial charge in [0.05, 0.1) is 11.3 Å². The number of halogens is 1. The summed E-state index contributed by atoms with van der Waals surface area (Å²) in [6.45, 7) is 0. The highest BCUT2D eigenvalue weighted by Crippen LogP contribution is 2.40. The molecule has 0 unspecified atom stereocenters. The lowest BCUT2D eigenvalue weighted by atomic mass is 10.1. The molecule has 1 fully saturated rings. The molecule has 3 nitrogen and oxygen atoms in total. The van der Waals surface area contributed by atoms with E-state index in [9.17, 15) is 9.59 Å². The largest absolute Gasteiger partial charge is 0.302 e. The van der Waals surface area contributed by atoms with Crippen LogP contribution in [0.2, 0.25) is 0 Å². The van der Waals surface area contributed by atoms with Gasteiger partial charge in [0, 0.05) is 10.5 Å². The van der Waals surface area contributed by atoms with E-state index in [-0.39, 0.29) is 17.7 Å². The monoisotopic (exact) mass is 265 g/mol. The highest BCUT2D eigenvalue weighted by molar-refractivity contribution is 9.10. The third-order valence-electron chi connectivity index (χ3n) is 2.80. The van der Waals surface area contributed by atoms with E-state index in [0.29, 0.717) is 10.0 Å². The molecule has 15 heavy (non-hydrogen) atoms. The standard InChI is InChI=1S/C11H8BrNO2/c12-7-2-1-3-8-9(7)10(14)11(15)13(8)6-4-5-6/h1-3,6H,4-5H2. The Morgan fingerprint density at radius 2 is 2.00 bits per heavy atom. The fourth-order valence-corrected chi connectivity index (χ4v) is 2.50. The lowest BCUT2D eigenvalue weighted by Crippen LogP contribution is -2.31. The molecule has 1 aliphatic carbocycles. The van der Waals surface area contributed by atoms with Crippen molar-refractivity contribution < 1.29 is 9.59 Å². The van der Waals surface area contributed by atoms with Crippen molar-refractivity contribution in [1.82, 2.24) is 0 Å². The average molecular weight is 266 g/mol. The van der Waals surface area contributed by atoms with E-state index >= 15 is 0 Å². The fraction of sp³-hybridized carbons (Fsp3) is 0.273. The molecule has 0 bridgehead atoms. The maximum atomic E-state index is 11.8. The SMILES string of the molecule is O=C1C(=O)N(C2CC2)c2cccc(Br)c21. The van der Waals surface area contributed by atoms with E-state index in [1.165, 1.54) is 0 Å². The van der Waals surface area contributed by atoms with Gasteiger partial charge in [0.2, 0.25) is 0 Å². The van der Waals surface area contributed by atoms with Crippen molar-refractivity contribution in [2.75, 3.05) is 4.90 Å². The molecule has 0 radical (unpaired) electrons. The molecule has 3 rings (SSSR count). The van der Waals surface area contributed by atoms with Gasteiger partial charge in [-0.15, -0.1) is 0 Å². The van der Waals surface area contributed by atoms with Gasteiger partial charge in [-0.05, 0) is 40.9 Å². The molecule has 1 heterocycles. The van der Waals surface area contributed by atoms with Crippen molar-refractivity contribution in [2.45, 2.75) is 18.9 Å². The Morgan fingerprint density at radius 1 is 1.27 bits per heavy atom. The van der Waals surface area contributed by atoms with Gasteiger partial charge in [0.25, 0.3) is 11.7 Å². The van der Waals surface area contributed by atoms with Crippen LogP contribution >= 0.6 is 15.9 Å². The molecule has 0 atom stereocenters. The third kappa shape index (κ3) is 1.17. The number of rotatable bonds is 1. The van der Waals surface area contributed by atoms with Gasteiger partial charge in [-0.1, -0.05) is 6.07 Å². The molecular weight excluding hydrogens is 258 g/mol. The molecular formula is C11H8BrNO2. The minimum Gasteiger partial charge on any atom is -0.302 e. The average Bonchev–Trinajstić information content (AvgIpc) is 2.98. The van der Waals surface area contributed by atoms with Crippen LogP contribution < -0.4 is 4.90 Å². The van der Waals surface area contributed by atoms with Crippen LogP contribution in [0, 0.1) is 0 Å². The summed E-state index contributed by atoms with van der Waals surface area (Å²) in [5.41, 5.74) is 1.29. The van der Waals surface area contributed by atoms with Crippen molar-refractivity contribution in [3.8, 4) is 0 Å². The van der Waals surface area contributed by atoms with Crippen LogP contribution in [0.15, 0.2) is 22.7 Å². The Labute approximate surface area is 95.2 Å². The summed E-state index contributed by atoms with van der Waals surface area (Å²) in [5.74, 6) is -0.760. The number of carbonyl (C=O) groups excluding carboxylic acids is 2. The van der Waals surface area contributed by atoms with Crippen LogP contribution in [-0.4, -0.2) is 17.7 Å². The number of ketones is 1. The highest BCUT2D eigenvalue weighted by atomic mass is 79.9. The Hall–Kier alpha value is -1.16. The summed E-state index contributed by atoms with van der Waals surface area (Å²) in [7, 11) is 0. The van der Waals surface area contributed by atoms with E-state index in [2.05, 4.69) is 15.9 Å². The summed E-state index contributed by atoms with van der Waals surface area (Å²) in [4.78, 5) is 25.1. The second-order valence-electron chi connectivity index (χ2n) is 3.87. The number of benzene rings is 1. The van der Waals surface area contributed by atoms with Crippen molar-refractivity contribution in [3.63, 3.8) is 0 Å². The van der Waals surface area contributed by atoms with E-state index < -0.39 is 0 Å². The molecule has 76 valence electrons. The van der Waals surface area contributed by atoms with Crippen LogP contribution in [0.5, 0.6) is 0 Å². The zero-order valence-electron chi connectivity index (χ0n) is 7.87. The summed E-state index contributed by atoms with van der Waals surface area (Å²) >= 11 is 3.31. The second kappa shape index (κ2) is 2.92. The highest BCUT2D eigenvalue weighted by Gasteiger charge is 2.44. The number of Topliss-reactive ketones (excluding diaryl/α,β-unsaturated/α-hetero) is 1. The minimum absolute atomic E-state index is 0.247. The molecule has 1 saturated carbocycles. The number of fused-ring (bicyclic) bond motifs is 1. The molecule has 4 heteroatoms. The number of hydrogen-bond acceptors (Lipinski definition) is 2. The second-order valence-corrected chi connectivity index (χ2v) is 4.72. The summed E-state index contributed by atoms with van der Waals surface area (Å²) in [6.07, 6.45) is 2.01. The zero-order chi connectivity index (χ0) is 10.6. The van der Waals surface area contributed by atoms with Crippen molar-refractivity contribution in [3.05, 3.63) is 28.2 Å². The number of amides is 1. The van der Waals surface area contributed by atoms with E-state index in [4.69, 9.17) is 0 Å². The summed E-state index contributed by atoms with van der Waals surface area (Å²) in [5, 5.41) is 0. The first-order valence-electron chi connectivity index (χ1n) is 4.86. The molecule has 1 aromatic carbocycles. The van der Waals surface area contributed by atoms with Crippen molar-refractivity contribution in [2.24, 2.45) is 0 Å². The van der Waals surface area contributed by atoms with Gasteiger partial charge >= 0.3 is 0 Å². The maximum absolute atomic E-state index is 11.8. The molecule has 0 aromatic heterocycles. The fourth-order valence-electron chi connectivity index (χ4n) is 1.96. The van der Waals surface area contributed by atoms with Gasteiger partial charge in [-0.2, -0.15) is 0 Å². The molecule has 2 aliphatic rings. The molecule has 0 N–H and O–H groups in total. The molecule has 1 aliphatic heterocycles. The van der Waals surface area contributed by atoms with Gasteiger partial charge in [0.1, 0.15) is 0 Å². The Morgan fingerprint density at radius 3 is 2.67 bits per heavy atom. The van der Waals surface area contributed by atoms with E-state index in [0.717, 1.165) is 18.5 Å². The summed E-state index contributed by atoms with van der Waals surface area (Å²) in [6, 6.07) is 5.73. The van der Waals surface area contributed by atoms with Crippen LogP contribution in [0.25, 0.3) is 0 Å². The Kier molecular flexibility index (Phi) is 1.77. The quantitative estimate of drug-likeness (QED) is 0.730. The van der Waals surface area contributed by atoms with Crippen LogP contribution in [-0.2, 0) is 4.79 Å². The number of anilines is 1. The Balaban J connectivity index is 2.21. The molecule has 0 saturated heterocycles. The van der Waals surface area contributed by atoms with Gasteiger partial charge in [0.15, 0.2) is 0 Å².